The van der Waals surface area contributed by atoms with Gasteiger partial charge in [-0.25, -0.2) is 0 Å². The van der Waals surface area contributed by atoms with Crippen molar-refractivity contribution in [3.63, 3.8) is 0 Å². The summed E-state index contributed by atoms with van der Waals surface area (Å²) in [5, 5.41) is 15.5. The van der Waals surface area contributed by atoms with E-state index in [1.54, 1.807) is 7.05 Å². The number of hydrogen-bond acceptors (Lipinski definition) is 3. The maximum atomic E-state index is 11.5. The first kappa shape index (κ1) is 12.5. The Kier molecular flexibility index (Phi) is 4.11. The average molecular weight is 214 g/mol. The lowest BCUT2D eigenvalue weighted by Gasteiger charge is -2.26. The van der Waals surface area contributed by atoms with Crippen LogP contribution in [0.3, 0.4) is 0 Å². The van der Waals surface area contributed by atoms with Gasteiger partial charge in [0.15, 0.2) is 0 Å². The van der Waals surface area contributed by atoms with Crippen molar-refractivity contribution in [2.24, 2.45) is 5.41 Å². The number of hydrogen-bond donors (Lipinski definition) is 3. The summed E-state index contributed by atoms with van der Waals surface area (Å²) in [5.41, 5.74) is -0.420. The maximum Gasteiger partial charge on any atom is 0.226 e. The van der Waals surface area contributed by atoms with Crippen molar-refractivity contribution in [2.75, 3.05) is 13.6 Å². The zero-order chi connectivity index (χ0) is 11.5. The highest BCUT2D eigenvalue weighted by molar-refractivity contribution is 5.81. The molecular weight excluding hydrogens is 192 g/mol. The largest absolute Gasteiger partial charge is 0.392 e. The molecule has 1 fully saturated rings. The van der Waals surface area contributed by atoms with E-state index in [4.69, 9.17) is 0 Å². The summed E-state index contributed by atoms with van der Waals surface area (Å²) in [6.07, 6.45) is 2.70. The lowest BCUT2D eigenvalue weighted by molar-refractivity contribution is -0.128. The summed E-state index contributed by atoms with van der Waals surface area (Å²) in [7, 11) is 1.65. The number of rotatable bonds is 4. The normalized spacial score (nSPS) is 26.7. The van der Waals surface area contributed by atoms with Gasteiger partial charge in [0.2, 0.25) is 5.91 Å². The van der Waals surface area contributed by atoms with Crippen molar-refractivity contribution >= 4 is 5.91 Å². The predicted octanol–water partition coefficient (Wildman–Crippen LogP) is 0.262. The molecule has 1 amide bonds. The van der Waals surface area contributed by atoms with Crippen LogP contribution in [0, 0.1) is 5.41 Å². The summed E-state index contributed by atoms with van der Waals surface area (Å²) in [6, 6.07) is 0.161. The minimum absolute atomic E-state index is 0.0301. The van der Waals surface area contributed by atoms with Crippen LogP contribution < -0.4 is 10.6 Å². The third-order valence-electron chi connectivity index (χ3n) is 3.13. The van der Waals surface area contributed by atoms with E-state index in [0.717, 1.165) is 19.3 Å². The van der Waals surface area contributed by atoms with Crippen molar-refractivity contribution < 1.29 is 9.90 Å². The van der Waals surface area contributed by atoms with Gasteiger partial charge in [-0.05, 0) is 33.1 Å². The molecule has 4 nitrogen and oxygen atoms in total. The molecule has 1 saturated carbocycles. The SMILES string of the molecule is CNC(=O)C(C)(C)CNC1CCCC1O. The second-order valence-corrected chi connectivity index (χ2v) is 4.95. The molecule has 1 rings (SSSR count). The number of carbonyl (C=O) groups excluding carboxylic acids is 1. The first-order valence-electron chi connectivity index (χ1n) is 5.61. The molecule has 0 bridgehead atoms. The number of nitrogens with one attached hydrogen (secondary N) is 2. The monoisotopic (exact) mass is 214 g/mol. The van der Waals surface area contributed by atoms with Gasteiger partial charge in [-0.2, -0.15) is 0 Å². The Hall–Kier alpha value is -0.610. The predicted molar refractivity (Wildman–Crippen MR) is 59.5 cm³/mol. The Morgan fingerprint density at radius 2 is 2.13 bits per heavy atom. The van der Waals surface area contributed by atoms with Crippen LogP contribution in [0.15, 0.2) is 0 Å². The standard InChI is InChI=1S/C11H22N2O2/c1-11(2,10(15)12-3)7-13-8-5-4-6-9(8)14/h8-9,13-14H,4-7H2,1-3H3,(H,12,15). The van der Waals surface area contributed by atoms with Crippen LogP contribution in [-0.4, -0.2) is 36.8 Å². The van der Waals surface area contributed by atoms with Gasteiger partial charge in [0.05, 0.1) is 11.5 Å². The van der Waals surface area contributed by atoms with E-state index in [2.05, 4.69) is 10.6 Å². The molecule has 0 aromatic heterocycles. The number of aliphatic hydroxyl groups is 1. The molecular formula is C11H22N2O2. The Morgan fingerprint density at radius 1 is 1.47 bits per heavy atom. The van der Waals surface area contributed by atoms with Crippen LogP contribution >= 0.6 is 0 Å². The summed E-state index contributed by atoms with van der Waals surface area (Å²) in [5.74, 6) is 0.0301. The van der Waals surface area contributed by atoms with Crippen LogP contribution in [-0.2, 0) is 4.79 Å². The minimum atomic E-state index is -0.420. The molecule has 15 heavy (non-hydrogen) atoms. The van der Waals surface area contributed by atoms with Crippen molar-refractivity contribution in [1.82, 2.24) is 10.6 Å². The Bertz CT molecular complexity index is 229. The molecule has 0 spiro atoms. The molecule has 3 N–H and O–H groups in total. The molecule has 4 heteroatoms. The zero-order valence-corrected chi connectivity index (χ0v) is 9.84. The van der Waals surface area contributed by atoms with Crippen molar-refractivity contribution in [3.8, 4) is 0 Å². The second-order valence-electron chi connectivity index (χ2n) is 4.95. The van der Waals surface area contributed by atoms with Gasteiger partial charge in [-0.15, -0.1) is 0 Å². The number of aliphatic hydroxyl groups excluding tert-OH is 1. The molecule has 0 radical (unpaired) electrons. The van der Waals surface area contributed by atoms with E-state index in [1.165, 1.54) is 0 Å². The fourth-order valence-electron chi connectivity index (χ4n) is 1.98. The lowest BCUT2D eigenvalue weighted by Crippen LogP contribution is -2.46. The third kappa shape index (κ3) is 3.18. The molecule has 0 aliphatic heterocycles. The van der Waals surface area contributed by atoms with E-state index >= 15 is 0 Å². The van der Waals surface area contributed by atoms with E-state index in [0.29, 0.717) is 6.54 Å². The molecule has 1 aliphatic carbocycles. The molecule has 0 saturated heterocycles. The third-order valence-corrected chi connectivity index (χ3v) is 3.13. The Morgan fingerprint density at radius 3 is 2.60 bits per heavy atom. The maximum absolute atomic E-state index is 11.5. The summed E-state index contributed by atoms with van der Waals surface area (Å²) >= 11 is 0. The minimum Gasteiger partial charge on any atom is -0.392 e. The van der Waals surface area contributed by atoms with E-state index in [1.807, 2.05) is 13.8 Å². The average Bonchev–Trinajstić information content (AvgIpc) is 2.60. The van der Waals surface area contributed by atoms with Crippen LogP contribution in [0.1, 0.15) is 33.1 Å². The smallest absolute Gasteiger partial charge is 0.226 e. The summed E-state index contributed by atoms with van der Waals surface area (Å²) in [4.78, 5) is 11.5. The van der Waals surface area contributed by atoms with Gasteiger partial charge >= 0.3 is 0 Å². The fourth-order valence-corrected chi connectivity index (χ4v) is 1.98. The fraction of sp³-hybridized carbons (Fsp3) is 0.909. The van der Waals surface area contributed by atoms with E-state index < -0.39 is 5.41 Å². The van der Waals surface area contributed by atoms with Gasteiger partial charge in [-0.3, -0.25) is 4.79 Å². The van der Waals surface area contributed by atoms with Crippen molar-refractivity contribution in [2.45, 2.75) is 45.3 Å². The molecule has 0 aromatic rings. The van der Waals surface area contributed by atoms with Crippen LogP contribution in [0.2, 0.25) is 0 Å². The first-order chi connectivity index (χ1) is 6.97. The first-order valence-corrected chi connectivity index (χ1v) is 5.61. The Balaban J connectivity index is 2.38. The molecule has 1 aliphatic rings. The van der Waals surface area contributed by atoms with Crippen LogP contribution in [0.25, 0.3) is 0 Å². The molecule has 88 valence electrons. The highest BCUT2D eigenvalue weighted by atomic mass is 16.3. The van der Waals surface area contributed by atoms with Crippen molar-refractivity contribution in [1.29, 1.82) is 0 Å². The van der Waals surface area contributed by atoms with Crippen LogP contribution in [0.5, 0.6) is 0 Å². The molecule has 2 unspecified atom stereocenters. The summed E-state index contributed by atoms with van der Waals surface area (Å²) in [6.45, 7) is 4.41. The lowest BCUT2D eigenvalue weighted by atomic mass is 9.92. The quantitative estimate of drug-likeness (QED) is 0.629. The van der Waals surface area contributed by atoms with Gasteiger partial charge in [0.1, 0.15) is 0 Å². The number of carbonyl (C=O) groups is 1. The highest BCUT2D eigenvalue weighted by Gasteiger charge is 2.30. The second kappa shape index (κ2) is 4.94. The topological polar surface area (TPSA) is 61.4 Å². The highest BCUT2D eigenvalue weighted by Crippen LogP contribution is 2.21. The van der Waals surface area contributed by atoms with E-state index in [-0.39, 0.29) is 18.1 Å². The van der Waals surface area contributed by atoms with Crippen LogP contribution in [0.4, 0.5) is 0 Å². The number of amides is 1. The van der Waals surface area contributed by atoms with Crippen molar-refractivity contribution in [3.05, 3.63) is 0 Å². The molecule has 0 aromatic carbocycles. The van der Waals surface area contributed by atoms with Gasteiger partial charge < -0.3 is 15.7 Å². The zero-order valence-electron chi connectivity index (χ0n) is 9.84. The van der Waals surface area contributed by atoms with Gasteiger partial charge in [0.25, 0.3) is 0 Å². The van der Waals surface area contributed by atoms with Gasteiger partial charge in [0, 0.05) is 19.6 Å². The van der Waals surface area contributed by atoms with E-state index in [9.17, 15) is 9.90 Å². The van der Waals surface area contributed by atoms with Gasteiger partial charge in [-0.1, -0.05) is 0 Å². The molecule has 0 heterocycles. The molecule has 2 atom stereocenters. The Labute approximate surface area is 91.4 Å². The summed E-state index contributed by atoms with van der Waals surface area (Å²) < 4.78 is 0.